The summed E-state index contributed by atoms with van der Waals surface area (Å²) in [4.78, 5) is 11.6. The SMILES string of the molecule is COC(=O)c1cc(N)ccc1NCc1ccno1. The lowest BCUT2D eigenvalue weighted by molar-refractivity contribution is 0.0602. The summed E-state index contributed by atoms with van der Waals surface area (Å²) in [5.41, 5.74) is 7.17. The average Bonchev–Trinajstić information content (AvgIpc) is 2.89. The predicted octanol–water partition coefficient (Wildman–Crippen LogP) is 1.66. The number of anilines is 2. The monoisotopic (exact) mass is 247 g/mol. The maximum atomic E-state index is 11.6. The summed E-state index contributed by atoms with van der Waals surface area (Å²) in [5.74, 6) is 0.227. The predicted molar refractivity (Wildman–Crippen MR) is 66.0 cm³/mol. The molecule has 0 radical (unpaired) electrons. The molecule has 18 heavy (non-hydrogen) atoms. The number of hydrogen-bond acceptors (Lipinski definition) is 6. The Balaban J connectivity index is 2.18. The zero-order valence-electron chi connectivity index (χ0n) is 9.84. The second-order valence-electron chi connectivity index (χ2n) is 3.63. The van der Waals surface area contributed by atoms with Gasteiger partial charge < -0.3 is 20.3 Å². The lowest BCUT2D eigenvalue weighted by Gasteiger charge is -2.10. The van der Waals surface area contributed by atoms with E-state index in [9.17, 15) is 4.79 Å². The first kappa shape index (κ1) is 12.0. The van der Waals surface area contributed by atoms with Crippen LogP contribution in [0.1, 0.15) is 16.1 Å². The minimum atomic E-state index is -0.442. The number of benzene rings is 1. The van der Waals surface area contributed by atoms with Crippen LogP contribution >= 0.6 is 0 Å². The van der Waals surface area contributed by atoms with Crippen molar-refractivity contribution >= 4 is 17.3 Å². The summed E-state index contributed by atoms with van der Waals surface area (Å²) in [6.07, 6.45) is 1.56. The Morgan fingerprint density at radius 1 is 1.50 bits per heavy atom. The van der Waals surface area contributed by atoms with Crippen molar-refractivity contribution in [2.24, 2.45) is 0 Å². The summed E-state index contributed by atoms with van der Waals surface area (Å²) >= 11 is 0. The molecule has 2 aromatic rings. The van der Waals surface area contributed by atoms with Crippen molar-refractivity contribution in [2.45, 2.75) is 6.54 Å². The molecule has 0 spiro atoms. The molecule has 1 aromatic heterocycles. The number of nitrogens with two attached hydrogens (primary N) is 1. The minimum absolute atomic E-state index is 0.386. The van der Waals surface area contributed by atoms with Crippen LogP contribution in [0.25, 0.3) is 0 Å². The van der Waals surface area contributed by atoms with Crippen molar-refractivity contribution in [3.8, 4) is 0 Å². The maximum absolute atomic E-state index is 11.6. The van der Waals surface area contributed by atoms with Gasteiger partial charge in [-0.25, -0.2) is 4.79 Å². The van der Waals surface area contributed by atoms with Gasteiger partial charge >= 0.3 is 5.97 Å². The van der Waals surface area contributed by atoms with Crippen molar-refractivity contribution < 1.29 is 14.1 Å². The first-order valence-electron chi connectivity index (χ1n) is 5.32. The van der Waals surface area contributed by atoms with Crippen molar-refractivity contribution in [2.75, 3.05) is 18.2 Å². The smallest absolute Gasteiger partial charge is 0.340 e. The second kappa shape index (κ2) is 5.22. The molecule has 0 saturated carbocycles. The molecule has 0 amide bonds. The van der Waals surface area contributed by atoms with Gasteiger partial charge in [-0.1, -0.05) is 5.16 Å². The topological polar surface area (TPSA) is 90.4 Å². The van der Waals surface area contributed by atoms with Crippen molar-refractivity contribution in [3.63, 3.8) is 0 Å². The van der Waals surface area contributed by atoms with E-state index >= 15 is 0 Å². The standard InChI is InChI=1S/C12H13N3O3/c1-17-12(16)10-6-8(13)2-3-11(10)14-7-9-4-5-15-18-9/h2-6,14H,7,13H2,1H3. The third-order valence-corrected chi connectivity index (χ3v) is 2.39. The van der Waals surface area contributed by atoms with Crippen LogP contribution in [0.15, 0.2) is 35.0 Å². The van der Waals surface area contributed by atoms with E-state index in [1.54, 1.807) is 30.5 Å². The van der Waals surface area contributed by atoms with Gasteiger partial charge in [0, 0.05) is 17.4 Å². The Hall–Kier alpha value is -2.50. The maximum Gasteiger partial charge on any atom is 0.340 e. The molecule has 1 aromatic carbocycles. The molecule has 0 saturated heterocycles. The third kappa shape index (κ3) is 2.60. The molecule has 94 valence electrons. The van der Waals surface area contributed by atoms with Crippen LogP contribution in [0.2, 0.25) is 0 Å². The number of ether oxygens (including phenoxy) is 1. The summed E-state index contributed by atoms with van der Waals surface area (Å²) in [7, 11) is 1.33. The average molecular weight is 247 g/mol. The zero-order chi connectivity index (χ0) is 13.0. The zero-order valence-corrected chi connectivity index (χ0v) is 9.84. The molecule has 2 rings (SSSR count). The number of carbonyl (C=O) groups is 1. The highest BCUT2D eigenvalue weighted by molar-refractivity contribution is 5.96. The number of nitrogen functional groups attached to an aromatic ring is 1. The fourth-order valence-electron chi connectivity index (χ4n) is 1.51. The van der Waals surface area contributed by atoms with Gasteiger partial charge in [0.25, 0.3) is 0 Å². The van der Waals surface area contributed by atoms with E-state index in [1.165, 1.54) is 7.11 Å². The molecule has 0 aliphatic heterocycles. The van der Waals surface area contributed by atoms with Crippen LogP contribution in [0.3, 0.4) is 0 Å². The molecule has 0 unspecified atom stereocenters. The van der Waals surface area contributed by atoms with Crippen LogP contribution in [-0.4, -0.2) is 18.2 Å². The van der Waals surface area contributed by atoms with Gasteiger partial charge in [-0.15, -0.1) is 0 Å². The van der Waals surface area contributed by atoms with Crippen molar-refractivity contribution in [1.82, 2.24) is 5.16 Å². The van der Waals surface area contributed by atoms with E-state index in [2.05, 4.69) is 10.5 Å². The van der Waals surface area contributed by atoms with Crippen LogP contribution < -0.4 is 11.1 Å². The normalized spacial score (nSPS) is 10.1. The van der Waals surface area contributed by atoms with E-state index in [-0.39, 0.29) is 0 Å². The molecular weight excluding hydrogens is 234 g/mol. The third-order valence-electron chi connectivity index (χ3n) is 2.39. The van der Waals surface area contributed by atoms with Gasteiger partial charge in [-0.3, -0.25) is 0 Å². The van der Waals surface area contributed by atoms with Gasteiger partial charge in [0.1, 0.15) is 0 Å². The van der Waals surface area contributed by atoms with Gasteiger partial charge in [-0.2, -0.15) is 0 Å². The number of nitrogens with zero attached hydrogens (tertiary/aromatic N) is 1. The van der Waals surface area contributed by atoms with Gasteiger partial charge in [0.05, 0.1) is 25.4 Å². The molecule has 6 heteroatoms. The molecule has 0 bridgehead atoms. The fraction of sp³-hybridized carbons (Fsp3) is 0.167. The summed E-state index contributed by atoms with van der Waals surface area (Å²) in [5, 5.41) is 6.66. The first-order valence-corrected chi connectivity index (χ1v) is 5.32. The van der Waals surface area contributed by atoms with Gasteiger partial charge in [0.2, 0.25) is 0 Å². The Labute approximate surface area is 104 Å². The largest absolute Gasteiger partial charge is 0.465 e. The van der Waals surface area contributed by atoms with Gasteiger partial charge in [-0.05, 0) is 18.2 Å². The Morgan fingerprint density at radius 2 is 2.33 bits per heavy atom. The number of methoxy groups -OCH3 is 1. The molecule has 0 fully saturated rings. The second-order valence-corrected chi connectivity index (χ2v) is 3.63. The van der Waals surface area contributed by atoms with E-state index in [4.69, 9.17) is 15.0 Å². The number of rotatable bonds is 4. The molecular formula is C12H13N3O3. The van der Waals surface area contributed by atoms with Crippen LogP contribution in [0.4, 0.5) is 11.4 Å². The molecule has 6 nitrogen and oxygen atoms in total. The molecule has 1 heterocycles. The highest BCUT2D eigenvalue weighted by atomic mass is 16.5. The molecule has 0 aliphatic carbocycles. The van der Waals surface area contributed by atoms with Crippen LogP contribution in [0, 0.1) is 0 Å². The summed E-state index contributed by atoms with van der Waals surface area (Å²) < 4.78 is 9.65. The lowest BCUT2D eigenvalue weighted by Crippen LogP contribution is -2.08. The lowest BCUT2D eigenvalue weighted by atomic mass is 10.1. The number of carbonyl (C=O) groups excluding carboxylic acids is 1. The van der Waals surface area contributed by atoms with E-state index in [1.807, 2.05) is 0 Å². The minimum Gasteiger partial charge on any atom is -0.465 e. The quantitative estimate of drug-likeness (QED) is 0.630. The van der Waals surface area contributed by atoms with Crippen LogP contribution in [0.5, 0.6) is 0 Å². The van der Waals surface area contributed by atoms with Crippen LogP contribution in [-0.2, 0) is 11.3 Å². The highest BCUT2D eigenvalue weighted by Crippen LogP contribution is 2.20. The molecule has 3 N–H and O–H groups in total. The molecule has 0 atom stereocenters. The Morgan fingerprint density at radius 3 is 3.00 bits per heavy atom. The Bertz CT molecular complexity index is 538. The number of aromatic nitrogens is 1. The van der Waals surface area contributed by atoms with Crippen molar-refractivity contribution in [1.29, 1.82) is 0 Å². The number of hydrogen-bond donors (Lipinski definition) is 2. The first-order chi connectivity index (χ1) is 8.70. The highest BCUT2D eigenvalue weighted by Gasteiger charge is 2.12. The summed E-state index contributed by atoms with van der Waals surface area (Å²) in [6.45, 7) is 0.425. The van der Waals surface area contributed by atoms with E-state index in [0.29, 0.717) is 29.2 Å². The number of esters is 1. The van der Waals surface area contributed by atoms with Gasteiger partial charge in [0.15, 0.2) is 5.76 Å². The van der Waals surface area contributed by atoms with E-state index < -0.39 is 5.97 Å². The fourth-order valence-corrected chi connectivity index (χ4v) is 1.51. The number of nitrogens with one attached hydrogen (secondary N) is 1. The summed E-state index contributed by atoms with van der Waals surface area (Å²) in [6, 6.07) is 6.73. The molecule has 0 aliphatic rings. The van der Waals surface area contributed by atoms with E-state index in [0.717, 1.165) is 0 Å². The Kier molecular flexibility index (Phi) is 3.47. The van der Waals surface area contributed by atoms with Crippen molar-refractivity contribution in [3.05, 3.63) is 41.8 Å².